The Morgan fingerprint density at radius 2 is 1.81 bits per heavy atom. The topological polar surface area (TPSA) is 78.9 Å². The molecule has 8 nitrogen and oxygen atoms in total. The van der Waals surface area contributed by atoms with E-state index in [0.717, 1.165) is 29.4 Å². The van der Waals surface area contributed by atoms with Gasteiger partial charge in [0.25, 0.3) is 0 Å². The van der Waals surface area contributed by atoms with Crippen LogP contribution in [0.1, 0.15) is 5.56 Å². The van der Waals surface area contributed by atoms with Crippen LogP contribution in [-0.2, 0) is 16.4 Å². The summed E-state index contributed by atoms with van der Waals surface area (Å²) in [4.78, 5) is 4.30. The van der Waals surface area contributed by atoms with E-state index in [1.54, 1.807) is 22.5 Å². The number of piperazine rings is 1. The molecule has 0 saturated carbocycles. The fourth-order valence-corrected chi connectivity index (χ4v) is 4.83. The van der Waals surface area contributed by atoms with Crippen molar-refractivity contribution in [3.63, 3.8) is 0 Å². The van der Waals surface area contributed by atoms with Gasteiger partial charge in [0.05, 0.1) is 11.5 Å². The number of nitrogens with zero attached hydrogens (tertiary/aromatic N) is 5. The van der Waals surface area contributed by atoms with Gasteiger partial charge < -0.3 is 14.5 Å². The summed E-state index contributed by atoms with van der Waals surface area (Å²) in [5.74, 6) is 2.35. The van der Waals surface area contributed by atoms with E-state index in [1.807, 2.05) is 31.1 Å². The fraction of sp³-hybridized carbons (Fsp3) is 0.444. The van der Waals surface area contributed by atoms with Crippen LogP contribution in [0, 0.1) is 0 Å². The molecule has 0 aliphatic carbocycles. The van der Waals surface area contributed by atoms with E-state index in [4.69, 9.17) is 4.74 Å². The molecule has 0 spiro atoms. The van der Waals surface area contributed by atoms with Gasteiger partial charge in [-0.05, 0) is 35.9 Å². The third-order valence-electron chi connectivity index (χ3n) is 4.96. The molecule has 0 N–H and O–H groups in total. The SMILES string of the molecule is CN(C)c1ccc(N2CCN(S(=O)(=O)c3ccc4c(c3)CCO4)CC2)nn1. The van der Waals surface area contributed by atoms with Crippen molar-refractivity contribution in [3.8, 4) is 5.75 Å². The summed E-state index contributed by atoms with van der Waals surface area (Å²) in [5.41, 5.74) is 0.964. The number of anilines is 2. The summed E-state index contributed by atoms with van der Waals surface area (Å²) in [5, 5.41) is 8.45. The molecule has 0 unspecified atom stereocenters. The molecule has 9 heteroatoms. The molecule has 2 aromatic rings. The number of aromatic nitrogens is 2. The summed E-state index contributed by atoms with van der Waals surface area (Å²) < 4.78 is 33.0. The van der Waals surface area contributed by atoms with Crippen LogP contribution in [0.5, 0.6) is 5.75 Å². The molecular formula is C18H23N5O3S. The highest BCUT2D eigenvalue weighted by Gasteiger charge is 2.30. The predicted molar refractivity (Wildman–Crippen MR) is 103 cm³/mol. The Hall–Kier alpha value is -2.39. The lowest BCUT2D eigenvalue weighted by Gasteiger charge is -2.34. The highest BCUT2D eigenvalue weighted by Crippen LogP contribution is 2.29. The number of sulfonamides is 1. The predicted octanol–water partition coefficient (Wildman–Crippen LogP) is 0.988. The fourth-order valence-electron chi connectivity index (χ4n) is 3.36. The molecule has 1 fully saturated rings. The third kappa shape index (κ3) is 3.44. The van der Waals surface area contributed by atoms with Crippen molar-refractivity contribution in [1.82, 2.24) is 14.5 Å². The van der Waals surface area contributed by atoms with Crippen molar-refractivity contribution in [3.05, 3.63) is 35.9 Å². The first-order valence-electron chi connectivity index (χ1n) is 8.97. The molecule has 0 atom stereocenters. The second-order valence-electron chi connectivity index (χ2n) is 6.90. The smallest absolute Gasteiger partial charge is 0.243 e. The number of hydrogen-bond acceptors (Lipinski definition) is 7. The zero-order valence-corrected chi connectivity index (χ0v) is 16.3. The summed E-state index contributed by atoms with van der Waals surface area (Å²) in [6, 6.07) is 8.98. The number of benzene rings is 1. The molecule has 27 heavy (non-hydrogen) atoms. The van der Waals surface area contributed by atoms with Gasteiger partial charge in [-0.25, -0.2) is 8.42 Å². The van der Waals surface area contributed by atoms with Crippen LogP contribution in [0.15, 0.2) is 35.2 Å². The molecule has 1 aromatic carbocycles. The normalized spacial score (nSPS) is 17.5. The average molecular weight is 389 g/mol. The van der Waals surface area contributed by atoms with Gasteiger partial charge in [0.1, 0.15) is 5.75 Å². The molecule has 1 aromatic heterocycles. The Morgan fingerprint density at radius 1 is 1.04 bits per heavy atom. The highest BCUT2D eigenvalue weighted by atomic mass is 32.2. The quantitative estimate of drug-likeness (QED) is 0.771. The lowest BCUT2D eigenvalue weighted by Crippen LogP contribution is -2.49. The van der Waals surface area contributed by atoms with E-state index in [-0.39, 0.29) is 0 Å². The second-order valence-corrected chi connectivity index (χ2v) is 8.84. The van der Waals surface area contributed by atoms with E-state index in [2.05, 4.69) is 15.1 Å². The monoisotopic (exact) mass is 389 g/mol. The van der Waals surface area contributed by atoms with Crippen molar-refractivity contribution in [2.75, 3.05) is 56.7 Å². The van der Waals surface area contributed by atoms with Gasteiger partial charge in [0, 0.05) is 46.7 Å². The van der Waals surface area contributed by atoms with Crippen molar-refractivity contribution >= 4 is 21.7 Å². The average Bonchev–Trinajstić information content (AvgIpc) is 3.16. The van der Waals surface area contributed by atoms with E-state index >= 15 is 0 Å². The van der Waals surface area contributed by atoms with Gasteiger partial charge >= 0.3 is 0 Å². The van der Waals surface area contributed by atoms with Crippen LogP contribution >= 0.6 is 0 Å². The summed E-state index contributed by atoms with van der Waals surface area (Å²) in [7, 11) is 0.331. The minimum Gasteiger partial charge on any atom is -0.493 e. The number of fused-ring (bicyclic) bond motifs is 1. The van der Waals surface area contributed by atoms with Gasteiger partial charge in [0.15, 0.2) is 11.6 Å². The summed E-state index contributed by atoms with van der Waals surface area (Å²) in [6.45, 7) is 2.64. The van der Waals surface area contributed by atoms with Crippen molar-refractivity contribution in [2.24, 2.45) is 0 Å². The second kappa shape index (κ2) is 6.97. The lowest BCUT2D eigenvalue weighted by molar-refractivity contribution is 0.356. The first-order valence-corrected chi connectivity index (χ1v) is 10.4. The van der Waals surface area contributed by atoms with Crippen LogP contribution in [-0.4, -0.2) is 69.8 Å². The molecule has 3 heterocycles. The molecule has 144 valence electrons. The van der Waals surface area contributed by atoms with Crippen LogP contribution in [0.2, 0.25) is 0 Å². The van der Waals surface area contributed by atoms with Crippen molar-refractivity contribution in [1.29, 1.82) is 0 Å². The lowest BCUT2D eigenvalue weighted by atomic mass is 10.2. The van der Waals surface area contributed by atoms with E-state index in [1.165, 1.54) is 0 Å². The molecule has 1 saturated heterocycles. The molecular weight excluding hydrogens is 366 g/mol. The van der Waals surface area contributed by atoms with Gasteiger partial charge in [-0.15, -0.1) is 10.2 Å². The Balaban J connectivity index is 1.45. The minimum atomic E-state index is -3.50. The maximum atomic E-state index is 13.0. The number of hydrogen-bond donors (Lipinski definition) is 0. The summed E-state index contributed by atoms with van der Waals surface area (Å²) in [6.07, 6.45) is 0.758. The van der Waals surface area contributed by atoms with Gasteiger partial charge in [-0.2, -0.15) is 4.31 Å². The van der Waals surface area contributed by atoms with E-state index in [0.29, 0.717) is 37.7 Å². The maximum absolute atomic E-state index is 13.0. The zero-order chi connectivity index (χ0) is 19.0. The summed E-state index contributed by atoms with van der Waals surface area (Å²) >= 11 is 0. The zero-order valence-electron chi connectivity index (χ0n) is 15.5. The Kier molecular flexibility index (Phi) is 4.65. The Bertz CT molecular complexity index is 923. The first-order chi connectivity index (χ1) is 12.9. The largest absolute Gasteiger partial charge is 0.493 e. The van der Waals surface area contributed by atoms with Crippen LogP contribution in [0.3, 0.4) is 0 Å². The van der Waals surface area contributed by atoms with Crippen molar-refractivity contribution < 1.29 is 13.2 Å². The van der Waals surface area contributed by atoms with Crippen LogP contribution in [0.4, 0.5) is 11.6 Å². The van der Waals surface area contributed by atoms with Gasteiger partial charge in [-0.3, -0.25) is 0 Å². The standard InChI is InChI=1S/C18H23N5O3S/c1-21(2)17-5-6-18(20-19-17)22-8-10-23(11-9-22)27(24,25)15-3-4-16-14(13-15)7-12-26-16/h3-6,13H,7-12H2,1-2H3. The van der Waals surface area contributed by atoms with E-state index in [9.17, 15) is 8.42 Å². The molecule has 2 aliphatic rings. The van der Waals surface area contributed by atoms with Gasteiger partial charge in [0.2, 0.25) is 10.0 Å². The minimum absolute atomic E-state index is 0.343. The molecule has 0 radical (unpaired) electrons. The molecule has 0 bridgehead atoms. The van der Waals surface area contributed by atoms with Gasteiger partial charge in [-0.1, -0.05) is 0 Å². The highest BCUT2D eigenvalue weighted by molar-refractivity contribution is 7.89. The van der Waals surface area contributed by atoms with Crippen LogP contribution < -0.4 is 14.5 Å². The first kappa shape index (κ1) is 18.0. The number of ether oxygens (including phenoxy) is 1. The molecule has 4 rings (SSSR count). The third-order valence-corrected chi connectivity index (χ3v) is 6.85. The van der Waals surface area contributed by atoms with Crippen LogP contribution in [0.25, 0.3) is 0 Å². The van der Waals surface area contributed by atoms with Crippen molar-refractivity contribution in [2.45, 2.75) is 11.3 Å². The molecule has 0 amide bonds. The molecule has 2 aliphatic heterocycles. The Morgan fingerprint density at radius 3 is 2.48 bits per heavy atom. The maximum Gasteiger partial charge on any atom is 0.243 e. The number of rotatable bonds is 4. The van der Waals surface area contributed by atoms with E-state index < -0.39 is 10.0 Å². The Labute approximate surface area is 159 Å².